The molecule has 0 bridgehead atoms. The number of hydrogen-bond acceptors (Lipinski definition) is 4. The first-order valence-corrected chi connectivity index (χ1v) is 6.83. The van der Waals surface area contributed by atoms with Gasteiger partial charge in [0.25, 0.3) is 0 Å². The number of esters is 1. The third-order valence-electron chi connectivity index (χ3n) is 3.01. The van der Waals surface area contributed by atoms with E-state index in [4.69, 9.17) is 5.73 Å². The van der Waals surface area contributed by atoms with E-state index < -0.39 is 0 Å². The van der Waals surface area contributed by atoms with Gasteiger partial charge in [-0.05, 0) is 36.6 Å². The summed E-state index contributed by atoms with van der Waals surface area (Å²) in [7, 11) is 1.35. The first-order chi connectivity index (χ1) is 10.1. The fraction of sp³-hybridized carbons (Fsp3) is 0.294. The number of pyridine rings is 1. The molecule has 0 aliphatic rings. The van der Waals surface area contributed by atoms with Gasteiger partial charge in [-0.2, -0.15) is 0 Å². The van der Waals surface area contributed by atoms with E-state index >= 15 is 0 Å². The molecule has 1 aromatic heterocycles. The normalized spacial score (nSPS) is 9.52. The number of aromatic nitrogens is 1. The lowest BCUT2D eigenvalue weighted by Gasteiger charge is -2.08. The number of carbonyl (C=O) groups is 1. The standard InChI is InChI=1S/C13H13N.C4H9NO2/c1-10-5-3-6-11(2)13(10)12-7-4-8-14-9-12;1-7-4(6)2-3-5/h3-9H,1-2H3;2-3,5H2,1H3. The topological polar surface area (TPSA) is 65.2 Å². The highest BCUT2D eigenvalue weighted by atomic mass is 16.5. The van der Waals surface area contributed by atoms with Crippen molar-refractivity contribution in [2.24, 2.45) is 5.73 Å². The Kier molecular flexibility index (Phi) is 7.12. The summed E-state index contributed by atoms with van der Waals surface area (Å²) in [6.45, 7) is 4.64. The highest BCUT2D eigenvalue weighted by molar-refractivity contribution is 5.70. The van der Waals surface area contributed by atoms with Gasteiger partial charge in [0.05, 0.1) is 13.5 Å². The lowest BCUT2D eigenvalue weighted by atomic mass is 9.97. The van der Waals surface area contributed by atoms with Crippen LogP contribution in [0.25, 0.3) is 11.1 Å². The molecule has 2 rings (SSSR count). The van der Waals surface area contributed by atoms with Gasteiger partial charge in [-0.25, -0.2) is 0 Å². The van der Waals surface area contributed by atoms with Gasteiger partial charge in [-0.15, -0.1) is 0 Å². The first kappa shape index (κ1) is 16.9. The number of rotatable bonds is 3. The van der Waals surface area contributed by atoms with Crippen molar-refractivity contribution in [3.63, 3.8) is 0 Å². The number of nitrogens with two attached hydrogens (primary N) is 1. The summed E-state index contributed by atoms with van der Waals surface area (Å²) >= 11 is 0. The molecule has 0 atom stereocenters. The van der Waals surface area contributed by atoms with Gasteiger partial charge in [0, 0.05) is 24.5 Å². The molecule has 0 saturated carbocycles. The zero-order valence-electron chi connectivity index (χ0n) is 12.8. The second-order valence-corrected chi connectivity index (χ2v) is 4.62. The van der Waals surface area contributed by atoms with Crippen LogP contribution in [0.4, 0.5) is 0 Å². The van der Waals surface area contributed by atoms with E-state index in [1.54, 1.807) is 6.20 Å². The zero-order valence-corrected chi connectivity index (χ0v) is 12.8. The van der Waals surface area contributed by atoms with Crippen molar-refractivity contribution in [1.82, 2.24) is 4.98 Å². The zero-order chi connectivity index (χ0) is 15.7. The molecule has 0 saturated heterocycles. The lowest BCUT2D eigenvalue weighted by Crippen LogP contribution is -2.08. The lowest BCUT2D eigenvalue weighted by molar-refractivity contribution is -0.140. The van der Waals surface area contributed by atoms with E-state index in [1.165, 1.54) is 29.4 Å². The highest BCUT2D eigenvalue weighted by Crippen LogP contribution is 2.25. The summed E-state index contributed by atoms with van der Waals surface area (Å²) in [6.07, 6.45) is 4.03. The average Bonchev–Trinajstić information content (AvgIpc) is 2.49. The molecule has 2 aromatic rings. The number of ether oxygens (including phenoxy) is 1. The van der Waals surface area contributed by atoms with Crippen LogP contribution in [0.2, 0.25) is 0 Å². The Morgan fingerprint density at radius 3 is 2.29 bits per heavy atom. The SMILES string of the molecule is COC(=O)CCN.Cc1cccc(C)c1-c1cccnc1. The highest BCUT2D eigenvalue weighted by Gasteiger charge is 2.03. The molecule has 0 aliphatic heterocycles. The fourth-order valence-corrected chi connectivity index (χ4v) is 2.00. The molecule has 1 heterocycles. The smallest absolute Gasteiger partial charge is 0.306 e. The van der Waals surface area contributed by atoms with E-state index in [9.17, 15) is 4.79 Å². The van der Waals surface area contributed by atoms with E-state index in [-0.39, 0.29) is 5.97 Å². The molecule has 0 unspecified atom stereocenters. The largest absolute Gasteiger partial charge is 0.469 e. The van der Waals surface area contributed by atoms with Crippen molar-refractivity contribution in [3.05, 3.63) is 53.9 Å². The Bertz CT molecular complexity index is 548. The van der Waals surface area contributed by atoms with Crippen LogP contribution in [0.3, 0.4) is 0 Å². The number of hydrogen-bond donors (Lipinski definition) is 1. The van der Waals surface area contributed by atoms with Gasteiger partial charge in [0.2, 0.25) is 0 Å². The van der Waals surface area contributed by atoms with Crippen molar-refractivity contribution in [1.29, 1.82) is 0 Å². The molecule has 21 heavy (non-hydrogen) atoms. The second kappa shape index (κ2) is 8.87. The summed E-state index contributed by atoms with van der Waals surface area (Å²) < 4.78 is 4.27. The van der Waals surface area contributed by atoms with E-state index in [2.05, 4.69) is 47.8 Å². The van der Waals surface area contributed by atoms with Crippen LogP contribution >= 0.6 is 0 Å². The summed E-state index contributed by atoms with van der Waals surface area (Å²) in [5.74, 6) is -0.248. The van der Waals surface area contributed by atoms with Crippen LogP contribution in [-0.4, -0.2) is 24.6 Å². The Morgan fingerprint density at radius 2 is 1.86 bits per heavy atom. The number of benzene rings is 1. The molecule has 0 radical (unpaired) electrons. The molecule has 0 aliphatic carbocycles. The minimum absolute atomic E-state index is 0.248. The fourth-order valence-electron chi connectivity index (χ4n) is 2.00. The summed E-state index contributed by atoms with van der Waals surface area (Å²) in [5.41, 5.74) is 10.1. The number of carbonyl (C=O) groups excluding carboxylic acids is 1. The minimum atomic E-state index is -0.248. The van der Waals surface area contributed by atoms with Crippen LogP contribution in [0.1, 0.15) is 17.5 Å². The molecule has 4 heteroatoms. The van der Waals surface area contributed by atoms with Crippen LogP contribution in [-0.2, 0) is 9.53 Å². The second-order valence-electron chi connectivity index (χ2n) is 4.62. The summed E-state index contributed by atoms with van der Waals surface area (Å²) in [5, 5.41) is 0. The average molecular weight is 286 g/mol. The van der Waals surface area contributed by atoms with Gasteiger partial charge >= 0.3 is 5.97 Å². The third kappa shape index (κ3) is 5.36. The Labute approximate surface area is 126 Å². The maximum Gasteiger partial charge on any atom is 0.306 e. The molecule has 112 valence electrons. The Balaban J connectivity index is 0.000000270. The molecular weight excluding hydrogens is 264 g/mol. The maximum absolute atomic E-state index is 10.1. The molecule has 0 fully saturated rings. The van der Waals surface area contributed by atoms with Crippen molar-refractivity contribution in [3.8, 4) is 11.1 Å². The van der Waals surface area contributed by atoms with Gasteiger partial charge in [-0.3, -0.25) is 9.78 Å². The molecular formula is C17H22N2O2. The van der Waals surface area contributed by atoms with Crippen molar-refractivity contribution in [2.75, 3.05) is 13.7 Å². The third-order valence-corrected chi connectivity index (χ3v) is 3.01. The van der Waals surface area contributed by atoms with Crippen LogP contribution in [0, 0.1) is 13.8 Å². The number of methoxy groups -OCH3 is 1. The summed E-state index contributed by atoms with van der Waals surface area (Å²) in [6, 6.07) is 10.4. The molecule has 0 spiro atoms. The van der Waals surface area contributed by atoms with E-state index in [1.807, 2.05) is 12.3 Å². The summed E-state index contributed by atoms with van der Waals surface area (Å²) in [4.78, 5) is 14.3. The Morgan fingerprint density at radius 1 is 1.19 bits per heavy atom. The van der Waals surface area contributed by atoms with Gasteiger partial charge in [0.15, 0.2) is 0 Å². The monoisotopic (exact) mass is 286 g/mol. The van der Waals surface area contributed by atoms with Crippen LogP contribution in [0.15, 0.2) is 42.7 Å². The minimum Gasteiger partial charge on any atom is -0.469 e. The van der Waals surface area contributed by atoms with Gasteiger partial charge in [0.1, 0.15) is 0 Å². The van der Waals surface area contributed by atoms with Crippen LogP contribution < -0.4 is 5.73 Å². The molecule has 2 N–H and O–H groups in total. The van der Waals surface area contributed by atoms with E-state index in [0.29, 0.717) is 13.0 Å². The van der Waals surface area contributed by atoms with Crippen molar-refractivity contribution in [2.45, 2.75) is 20.3 Å². The maximum atomic E-state index is 10.1. The van der Waals surface area contributed by atoms with Crippen LogP contribution in [0.5, 0.6) is 0 Å². The number of nitrogens with zero attached hydrogens (tertiary/aromatic N) is 1. The molecule has 0 amide bonds. The Hall–Kier alpha value is -2.20. The quantitative estimate of drug-likeness (QED) is 0.881. The number of aryl methyl sites for hydroxylation is 2. The predicted molar refractivity (Wildman–Crippen MR) is 84.8 cm³/mol. The van der Waals surface area contributed by atoms with E-state index in [0.717, 1.165) is 0 Å². The van der Waals surface area contributed by atoms with Gasteiger partial charge < -0.3 is 10.5 Å². The predicted octanol–water partition coefficient (Wildman–Crippen LogP) is 2.87. The van der Waals surface area contributed by atoms with Gasteiger partial charge in [-0.1, -0.05) is 24.3 Å². The first-order valence-electron chi connectivity index (χ1n) is 6.83. The molecule has 4 nitrogen and oxygen atoms in total. The molecule has 1 aromatic carbocycles. The van der Waals surface area contributed by atoms with Crippen molar-refractivity contribution < 1.29 is 9.53 Å². The van der Waals surface area contributed by atoms with Crippen molar-refractivity contribution >= 4 is 5.97 Å².